The fourth-order valence-corrected chi connectivity index (χ4v) is 8.09. The van der Waals surface area contributed by atoms with Gasteiger partial charge < -0.3 is 4.42 Å². The third kappa shape index (κ3) is 3.12. The third-order valence-electron chi connectivity index (χ3n) is 10.1. The lowest BCUT2D eigenvalue weighted by atomic mass is 9.90. The summed E-state index contributed by atoms with van der Waals surface area (Å²) in [7, 11) is 0. The Labute approximate surface area is 258 Å². The van der Waals surface area contributed by atoms with Crippen molar-refractivity contribution in [2.75, 3.05) is 0 Å². The molecular formula is C44H24O. The van der Waals surface area contributed by atoms with Crippen molar-refractivity contribution >= 4 is 86.6 Å². The van der Waals surface area contributed by atoms with Gasteiger partial charge in [-0.2, -0.15) is 0 Å². The maximum Gasteiger partial charge on any atom is 0.143 e. The molecule has 11 rings (SSSR count). The molecule has 1 heteroatoms. The quantitative estimate of drug-likeness (QED) is 0.189. The molecule has 206 valence electrons. The van der Waals surface area contributed by atoms with Crippen LogP contribution in [0.25, 0.3) is 109 Å². The van der Waals surface area contributed by atoms with Gasteiger partial charge in [-0.1, -0.05) is 121 Å². The monoisotopic (exact) mass is 568 g/mol. The first kappa shape index (κ1) is 23.5. The molecule has 0 aliphatic rings. The van der Waals surface area contributed by atoms with E-state index in [-0.39, 0.29) is 0 Å². The highest BCUT2D eigenvalue weighted by atomic mass is 16.3. The van der Waals surface area contributed by atoms with Crippen LogP contribution in [0.2, 0.25) is 0 Å². The number of para-hydroxylation sites is 2. The van der Waals surface area contributed by atoms with Crippen molar-refractivity contribution in [1.82, 2.24) is 0 Å². The molecule has 11 aromatic rings. The molecule has 0 unspecified atom stereocenters. The van der Waals surface area contributed by atoms with Gasteiger partial charge in [0.05, 0.1) is 0 Å². The van der Waals surface area contributed by atoms with Gasteiger partial charge in [0.15, 0.2) is 0 Å². The van der Waals surface area contributed by atoms with Crippen molar-refractivity contribution < 1.29 is 4.42 Å². The van der Waals surface area contributed by atoms with Crippen LogP contribution in [-0.4, -0.2) is 0 Å². The number of hydrogen-bond acceptors (Lipinski definition) is 1. The summed E-state index contributed by atoms with van der Waals surface area (Å²) in [5.74, 6) is 0. The van der Waals surface area contributed by atoms with E-state index in [1.807, 2.05) is 0 Å². The van der Waals surface area contributed by atoms with Crippen molar-refractivity contribution in [1.29, 1.82) is 0 Å². The summed E-state index contributed by atoms with van der Waals surface area (Å²) >= 11 is 0. The molecule has 0 N–H and O–H groups in total. The average Bonchev–Trinajstić information content (AvgIpc) is 3.48. The highest BCUT2D eigenvalue weighted by Gasteiger charge is 2.18. The zero-order valence-corrected chi connectivity index (χ0v) is 24.3. The Morgan fingerprint density at radius 2 is 0.600 bits per heavy atom. The second-order valence-corrected chi connectivity index (χ2v) is 12.5. The lowest BCUT2D eigenvalue weighted by Crippen LogP contribution is -1.86. The molecule has 1 heterocycles. The topological polar surface area (TPSA) is 13.1 Å². The highest BCUT2D eigenvalue weighted by molar-refractivity contribution is 6.25. The Kier molecular flexibility index (Phi) is 4.38. The largest absolute Gasteiger partial charge is 0.455 e. The molecule has 0 atom stereocenters. The standard InChI is InChI=1S/C44H24O/c1-5-25-13-17-29-21-33(22-30-18-14-26(6-1)39(25)41(29)30)35-9-3-11-37-38-12-4-10-36(44(38)45-43(35)37)34-23-31-19-15-27-7-2-8-28-16-20-32(24-34)42(31)40(27)28/h1-24H. The first-order valence-electron chi connectivity index (χ1n) is 15.6. The van der Waals surface area contributed by atoms with Gasteiger partial charge in [-0.3, -0.25) is 0 Å². The Morgan fingerprint density at radius 3 is 0.978 bits per heavy atom. The molecule has 0 spiro atoms. The van der Waals surface area contributed by atoms with Gasteiger partial charge >= 0.3 is 0 Å². The van der Waals surface area contributed by atoms with E-state index in [9.17, 15) is 0 Å². The van der Waals surface area contributed by atoms with Gasteiger partial charge in [0.1, 0.15) is 11.2 Å². The maximum absolute atomic E-state index is 6.92. The summed E-state index contributed by atoms with van der Waals surface area (Å²) in [6.45, 7) is 0. The second kappa shape index (κ2) is 8.37. The summed E-state index contributed by atoms with van der Waals surface area (Å²) in [4.78, 5) is 0. The van der Waals surface area contributed by atoms with E-state index in [2.05, 4.69) is 146 Å². The van der Waals surface area contributed by atoms with Crippen LogP contribution >= 0.6 is 0 Å². The molecule has 1 nitrogen and oxygen atoms in total. The fourth-order valence-electron chi connectivity index (χ4n) is 8.09. The van der Waals surface area contributed by atoms with Crippen molar-refractivity contribution in [3.05, 3.63) is 146 Å². The molecule has 1 aromatic heterocycles. The normalized spacial score (nSPS) is 12.4. The summed E-state index contributed by atoms with van der Waals surface area (Å²) in [6, 6.07) is 53.6. The molecule has 10 aromatic carbocycles. The van der Waals surface area contributed by atoms with Crippen molar-refractivity contribution in [2.24, 2.45) is 0 Å². The number of furan rings is 1. The Morgan fingerprint density at radius 1 is 0.289 bits per heavy atom. The van der Waals surface area contributed by atoms with Crippen LogP contribution in [0, 0.1) is 0 Å². The number of fused-ring (bicyclic) bond motifs is 3. The Bertz CT molecular complexity index is 2650. The van der Waals surface area contributed by atoms with Gasteiger partial charge in [-0.05, 0) is 100 Å². The smallest absolute Gasteiger partial charge is 0.143 e. The fraction of sp³-hybridized carbons (Fsp3) is 0. The molecule has 0 saturated carbocycles. The summed E-state index contributed by atoms with van der Waals surface area (Å²) in [5, 5.41) is 17.8. The minimum atomic E-state index is 0.936. The van der Waals surface area contributed by atoms with Crippen LogP contribution in [0.4, 0.5) is 0 Å². The van der Waals surface area contributed by atoms with Crippen LogP contribution in [0.5, 0.6) is 0 Å². The summed E-state index contributed by atoms with van der Waals surface area (Å²) in [5.41, 5.74) is 6.47. The van der Waals surface area contributed by atoms with Crippen LogP contribution in [0.1, 0.15) is 0 Å². The predicted octanol–water partition coefficient (Wildman–Crippen LogP) is 12.7. The zero-order valence-electron chi connectivity index (χ0n) is 24.3. The average molecular weight is 569 g/mol. The Hall–Kier alpha value is -5.92. The second-order valence-electron chi connectivity index (χ2n) is 12.5. The molecular weight excluding hydrogens is 544 g/mol. The van der Waals surface area contributed by atoms with E-state index in [0.29, 0.717) is 0 Å². The van der Waals surface area contributed by atoms with E-state index in [1.54, 1.807) is 0 Å². The van der Waals surface area contributed by atoms with E-state index in [1.165, 1.54) is 75.8 Å². The summed E-state index contributed by atoms with van der Waals surface area (Å²) < 4.78 is 6.92. The van der Waals surface area contributed by atoms with Gasteiger partial charge in [0, 0.05) is 21.9 Å². The number of rotatable bonds is 2. The third-order valence-corrected chi connectivity index (χ3v) is 10.1. The first-order chi connectivity index (χ1) is 22.3. The van der Waals surface area contributed by atoms with Gasteiger partial charge in [0.25, 0.3) is 0 Å². The van der Waals surface area contributed by atoms with Crippen LogP contribution in [0.15, 0.2) is 150 Å². The van der Waals surface area contributed by atoms with E-state index >= 15 is 0 Å². The lowest BCUT2D eigenvalue weighted by Gasteiger charge is -2.13. The maximum atomic E-state index is 6.92. The summed E-state index contributed by atoms with van der Waals surface area (Å²) in [6.07, 6.45) is 0. The molecule has 0 amide bonds. The van der Waals surface area contributed by atoms with E-state index < -0.39 is 0 Å². The van der Waals surface area contributed by atoms with Crippen molar-refractivity contribution in [3.63, 3.8) is 0 Å². The molecule has 0 fully saturated rings. The number of benzene rings is 10. The van der Waals surface area contributed by atoms with E-state index in [4.69, 9.17) is 4.42 Å². The molecule has 45 heavy (non-hydrogen) atoms. The molecule has 0 saturated heterocycles. The Balaban J connectivity index is 1.15. The SMILES string of the molecule is c1cc2ccc3cc(-c4cccc5c4oc4c(-c6cc7ccc8cccc9ccc(c6)c7c89)cccc45)cc4ccc(c1)c2c34. The van der Waals surface area contributed by atoms with Gasteiger partial charge in [-0.15, -0.1) is 0 Å². The predicted molar refractivity (Wildman–Crippen MR) is 192 cm³/mol. The molecule has 0 aliphatic heterocycles. The van der Waals surface area contributed by atoms with E-state index in [0.717, 1.165) is 33.1 Å². The lowest BCUT2D eigenvalue weighted by molar-refractivity contribution is 0.671. The minimum Gasteiger partial charge on any atom is -0.455 e. The van der Waals surface area contributed by atoms with Crippen LogP contribution in [0.3, 0.4) is 0 Å². The van der Waals surface area contributed by atoms with Crippen molar-refractivity contribution in [2.45, 2.75) is 0 Å². The minimum absolute atomic E-state index is 0.936. The molecule has 0 radical (unpaired) electrons. The van der Waals surface area contributed by atoms with Crippen molar-refractivity contribution in [3.8, 4) is 22.3 Å². The zero-order chi connectivity index (χ0) is 29.2. The number of hydrogen-bond donors (Lipinski definition) is 0. The van der Waals surface area contributed by atoms with Gasteiger partial charge in [-0.25, -0.2) is 0 Å². The van der Waals surface area contributed by atoms with Crippen LogP contribution < -0.4 is 0 Å². The molecule has 0 aliphatic carbocycles. The first-order valence-corrected chi connectivity index (χ1v) is 15.6. The highest BCUT2D eigenvalue weighted by Crippen LogP contribution is 2.44. The van der Waals surface area contributed by atoms with Gasteiger partial charge in [0.2, 0.25) is 0 Å². The molecule has 0 bridgehead atoms. The van der Waals surface area contributed by atoms with Crippen LogP contribution in [-0.2, 0) is 0 Å².